The van der Waals surface area contributed by atoms with Gasteiger partial charge in [-0.3, -0.25) is 20.2 Å². The molecule has 0 aliphatic carbocycles. The van der Waals surface area contributed by atoms with Crippen molar-refractivity contribution in [3.63, 3.8) is 0 Å². The summed E-state index contributed by atoms with van der Waals surface area (Å²) in [7, 11) is 0. The summed E-state index contributed by atoms with van der Waals surface area (Å²) in [6.45, 7) is -1.09. The van der Waals surface area contributed by atoms with E-state index in [2.05, 4.69) is 0 Å². The van der Waals surface area contributed by atoms with Crippen LogP contribution in [0.1, 0.15) is 0 Å². The van der Waals surface area contributed by atoms with E-state index in [1.54, 1.807) is 0 Å². The molecule has 0 bridgehead atoms. The smallest absolute Gasteiger partial charge is 0.325 e. The molecule has 64 valence electrons. The van der Waals surface area contributed by atoms with Gasteiger partial charge < -0.3 is 10.2 Å². The van der Waals surface area contributed by atoms with Crippen LogP contribution < -0.4 is 0 Å². The maximum Gasteiger partial charge on any atom is 0.325 e. The molecule has 0 amide bonds. The molecular weight excluding hydrogens is 160 g/mol. The third kappa shape index (κ3) is 3.43. The summed E-state index contributed by atoms with van der Waals surface area (Å²) >= 11 is 0. The van der Waals surface area contributed by atoms with Crippen molar-refractivity contribution in [2.24, 2.45) is 0 Å². The first kappa shape index (κ1) is 9.72. The fraction of sp³-hybridized carbons (Fsp3) is 1.00. The Morgan fingerprint density at radius 3 is 1.82 bits per heavy atom. The Kier molecular flexibility index (Phi) is 3.34. The number of rotatable bonds is 4. The lowest BCUT2D eigenvalue weighted by atomic mass is 10.3. The van der Waals surface area contributed by atoms with Crippen LogP contribution in [0.15, 0.2) is 0 Å². The summed E-state index contributed by atoms with van der Waals surface area (Å²) in [5.74, 6) is 0. The van der Waals surface area contributed by atoms with Gasteiger partial charge in [0.05, 0.1) is 0 Å². The van der Waals surface area contributed by atoms with Gasteiger partial charge in [0.25, 0.3) is 6.54 Å². The van der Waals surface area contributed by atoms with Crippen molar-refractivity contribution in [3.8, 4) is 0 Å². The van der Waals surface area contributed by atoms with Crippen LogP contribution >= 0.6 is 0 Å². The lowest BCUT2D eigenvalue weighted by molar-refractivity contribution is -0.604. The van der Waals surface area contributed by atoms with Crippen LogP contribution in [0.3, 0.4) is 0 Å². The monoisotopic (exact) mass is 166 g/mol. The van der Waals surface area contributed by atoms with Crippen LogP contribution in [0, 0.1) is 20.2 Å². The Labute approximate surface area is 60.4 Å². The molecule has 0 saturated carbocycles. The number of nitrogens with zero attached hydrogens (tertiary/aromatic N) is 2. The lowest BCUT2D eigenvalue weighted by Crippen LogP contribution is -2.39. The van der Waals surface area contributed by atoms with Crippen molar-refractivity contribution in [3.05, 3.63) is 20.2 Å². The molecule has 0 radical (unpaired) electrons. The fourth-order valence-electron chi connectivity index (χ4n) is 0.423. The average Bonchev–Trinajstić information content (AvgIpc) is 1.81. The molecule has 0 aliphatic heterocycles. The SMILES string of the molecule is O=[N+]([O-])CC(C(O)O)[N+](=O)[O-]. The van der Waals surface area contributed by atoms with E-state index in [1.165, 1.54) is 0 Å². The minimum Gasteiger partial charge on any atom is -0.363 e. The second-order valence-corrected chi connectivity index (χ2v) is 1.78. The second-order valence-electron chi connectivity index (χ2n) is 1.78. The van der Waals surface area contributed by atoms with Crippen molar-refractivity contribution in [2.45, 2.75) is 12.3 Å². The molecule has 0 aliphatic rings. The number of nitro groups is 2. The maximum atomic E-state index is 9.86. The summed E-state index contributed by atoms with van der Waals surface area (Å²) in [6, 6.07) is -1.95. The molecular formula is C3H6N2O6. The topological polar surface area (TPSA) is 127 Å². The molecule has 0 aromatic rings. The molecule has 0 aromatic heterocycles. The van der Waals surface area contributed by atoms with Crippen LogP contribution in [-0.4, -0.2) is 38.9 Å². The molecule has 2 N–H and O–H groups in total. The van der Waals surface area contributed by atoms with Gasteiger partial charge in [-0.05, 0) is 0 Å². The fourth-order valence-corrected chi connectivity index (χ4v) is 0.423. The van der Waals surface area contributed by atoms with Crippen molar-refractivity contribution >= 4 is 0 Å². The minimum atomic E-state index is -2.30. The van der Waals surface area contributed by atoms with Gasteiger partial charge in [-0.15, -0.1) is 0 Å². The Morgan fingerprint density at radius 1 is 1.27 bits per heavy atom. The van der Waals surface area contributed by atoms with E-state index in [0.29, 0.717) is 0 Å². The standard InChI is InChI=1S/C3H6N2O6/c6-3(7)2(5(10)11)1-4(8)9/h2-3,6-7H,1H2. The van der Waals surface area contributed by atoms with Gasteiger partial charge in [-0.25, -0.2) is 0 Å². The summed E-state index contributed by atoms with van der Waals surface area (Å²) in [4.78, 5) is 17.5. The zero-order valence-electron chi connectivity index (χ0n) is 5.28. The van der Waals surface area contributed by atoms with Gasteiger partial charge in [0.2, 0.25) is 6.29 Å². The predicted molar refractivity (Wildman–Crippen MR) is 30.9 cm³/mol. The molecule has 0 saturated heterocycles. The van der Waals surface area contributed by atoms with Crippen LogP contribution in [0.2, 0.25) is 0 Å². The van der Waals surface area contributed by atoms with E-state index >= 15 is 0 Å². The molecule has 11 heavy (non-hydrogen) atoms. The van der Waals surface area contributed by atoms with Gasteiger partial charge in [-0.2, -0.15) is 0 Å². The summed E-state index contributed by atoms with van der Waals surface area (Å²) < 4.78 is 0. The van der Waals surface area contributed by atoms with E-state index < -0.39 is 28.7 Å². The van der Waals surface area contributed by atoms with Gasteiger partial charge in [0, 0.05) is 9.85 Å². The Hall–Kier alpha value is -1.28. The number of aliphatic hydroxyl groups excluding tert-OH is 1. The van der Waals surface area contributed by atoms with Crippen LogP contribution in [0.25, 0.3) is 0 Å². The molecule has 0 aromatic carbocycles. The van der Waals surface area contributed by atoms with E-state index in [4.69, 9.17) is 10.2 Å². The first-order valence-corrected chi connectivity index (χ1v) is 2.56. The van der Waals surface area contributed by atoms with E-state index in [0.717, 1.165) is 0 Å². The van der Waals surface area contributed by atoms with E-state index in [1.807, 2.05) is 0 Å². The van der Waals surface area contributed by atoms with Gasteiger partial charge >= 0.3 is 6.04 Å². The molecule has 8 heteroatoms. The van der Waals surface area contributed by atoms with Crippen molar-refractivity contribution in [1.82, 2.24) is 0 Å². The molecule has 1 unspecified atom stereocenters. The largest absolute Gasteiger partial charge is 0.363 e. The van der Waals surface area contributed by atoms with Crippen molar-refractivity contribution in [1.29, 1.82) is 0 Å². The van der Waals surface area contributed by atoms with Crippen molar-refractivity contribution < 1.29 is 20.1 Å². The first-order chi connectivity index (χ1) is 4.95. The summed E-state index contributed by atoms with van der Waals surface area (Å²) in [5, 5.41) is 36.0. The molecule has 0 fully saturated rings. The minimum absolute atomic E-state index is 0.979. The van der Waals surface area contributed by atoms with Gasteiger partial charge in [0.15, 0.2) is 0 Å². The average molecular weight is 166 g/mol. The highest BCUT2D eigenvalue weighted by molar-refractivity contribution is 4.54. The highest BCUT2D eigenvalue weighted by Crippen LogP contribution is 1.95. The summed E-state index contributed by atoms with van der Waals surface area (Å²) in [5.41, 5.74) is 0. The lowest BCUT2D eigenvalue weighted by Gasteiger charge is -2.05. The molecule has 8 nitrogen and oxygen atoms in total. The Morgan fingerprint density at radius 2 is 1.73 bits per heavy atom. The van der Waals surface area contributed by atoms with Crippen LogP contribution in [-0.2, 0) is 0 Å². The summed E-state index contributed by atoms with van der Waals surface area (Å²) in [6.07, 6.45) is -2.30. The number of hydrogen-bond acceptors (Lipinski definition) is 6. The Balaban J connectivity index is 4.12. The third-order valence-corrected chi connectivity index (χ3v) is 0.951. The zero-order valence-corrected chi connectivity index (χ0v) is 5.28. The first-order valence-electron chi connectivity index (χ1n) is 2.56. The quantitative estimate of drug-likeness (QED) is 0.288. The normalized spacial score (nSPS) is 13.0. The highest BCUT2D eigenvalue weighted by atomic mass is 16.6. The van der Waals surface area contributed by atoms with Gasteiger partial charge in [-0.1, -0.05) is 0 Å². The van der Waals surface area contributed by atoms with Crippen molar-refractivity contribution in [2.75, 3.05) is 6.54 Å². The van der Waals surface area contributed by atoms with Gasteiger partial charge in [0.1, 0.15) is 0 Å². The third-order valence-electron chi connectivity index (χ3n) is 0.951. The number of hydrogen-bond donors (Lipinski definition) is 2. The molecule has 0 spiro atoms. The zero-order chi connectivity index (χ0) is 9.02. The molecule has 1 atom stereocenters. The second kappa shape index (κ2) is 3.78. The van der Waals surface area contributed by atoms with E-state index in [9.17, 15) is 20.2 Å². The van der Waals surface area contributed by atoms with E-state index in [-0.39, 0.29) is 0 Å². The molecule has 0 rings (SSSR count). The maximum absolute atomic E-state index is 9.86. The highest BCUT2D eigenvalue weighted by Gasteiger charge is 2.33. The number of aliphatic hydroxyl groups is 2. The Bertz CT molecular complexity index is 167. The molecule has 0 heterocycles. The van der Waals surface area contributed by atoms with Crippen LogP contribution in [0.4, 0.5) is 0 Å². The van der Waals surface area contributed by atoms with Crippen LogP contribution in [0.5, 0.6) is 0 Å². The predicted octanol–water partition coefficient (Wildman–Crippen LogP) is -1.78.